The summed E-state index contributed by atoms with van der Waals surface area (Å²) in [6, 6.07) is 6.58. The van der Waals surface area contributed by atoms with Gasteiger partial charge in [-0.15, -0.1) is 10.2 Å². The van der Waals surface area contributed by atoms with Gasteiger partial charge in [-0.05, 0) is 32.0 Å². The Hall–Kier alpha value is -4.08. The first-order valence-electron chi connectivity index (χ1n) is 10.8. The van der Waals surface area contributed by atoms with Crippen LogP contribution in [0.3, 0.4) is 0 Å². The minimum absolute atomic E-state index is 0.178. The van der Waals surface area contributed by atoms with E-state index in [4.69, 9.17) is 4.74 Å². The predicted molar refractivity (Wildman–Crippen MR) is 126 cm³/mol. The summed E-state index contributed by atoms with van der Waals surface area (Å²) in [4.78, 5) is 25.7. The van der Waals surface area contributed by atoms with Crippen LogP contribution in [0.1, 0.15) is 45.6 Å². The molecule has 1 aliphatic heterocycles. The number of amidine groups is 1. The van der Waals surface area contributed by atoms with Crippen LogP contribution >= 0.6 is 0 Å². The second-order valence-corrected chi connectivity index (χ2v) is 8.08. The zero-order valence-corrected chi connectivity index (χ0v) is 19.5. The van der Waals surface area contributed by atoms with Crippen molar-refractivity contribution in [1.82, 2.24) is 30.4 Å². The van der Waals surface area contributed by atoms with E-state index in [0.29, 0.717) is 53.8 Å². The number of pyridine rings is 1. The number of H-pyrrole nitrogens is 1. The molecule has 0 atom stereocenters. The van der Waals surface area contributed by atoms with Crippen LogP contribution in [-0.4, -0.2) is 57.5 Å². The monoisotopic (exact) mass is 463 g/mol. The minimum Gasteiger partial charge on any atom is -0.493 e. The molecule has 0 unspecified atom stereocenters. The normalized spacial score (nSPS) is 13.4. The van der Waals surface area contributed by atoms with Gasteiger partial charge in [0.05, 0.1) is 12.4 Å². The summed E-state index contributed by atoms with van der Waals surface area (Å²) < 4.78 is 19.9. The van der Waals surface area contributed by atoms with Gasteiger partial charge in [0.25, 0.3) is 5.91 Å². The van der Waals surface area contributed by atoms with E-state index in [2.05, 4.69) is 30.5 Å². The van der Waals surface area contributed by atoms with Crippen molar-refractivity contribution in [3.8, 4) is 5.75 Å². The Morgan fingerprint density at radius 1 is 1.32 bits per heavy atom. The molecule has 10 heteroatoms. The average molecular weight is 464 g/mol. The number of carbonyl (C=O) groups is 1. The number of fused-ring (bicyclic) bond motifs is 1. The topological polar surface area (TPSA) is 108 Å². The molecule has 0 saturated carbocycles. The molecule has 4 rings (SSSR count). The summed E-state index contributed by atoms with van der Waals surface area (Å²) in [5, 5.41) is 11.2. The highest BCUT2D eigenvalue weighted by atomic mass is 19.1. The molecule has 0 radical (unpaired) electrons. The first-order chi connectivity index (χ1) is 16.3. The maximum absolute atomic E-state index is 14.4. The number of aromatic nitrogens is 4. The van der Waals surface area contributed by atoms with Crippen LogP contribution in [0.2, 0.25) is 0 Å². The minimum atomic E-state index is -0.267. The van der Waals surface area contributed by atoms with Gasteiger partial charge in [-0.1, -0.05) is 6.07 Å². The number of halogens is 1. The van der Waals surface area contributed by atoms with Gasteiger partial charge in [0.1, 0.15) is 23.6 Å². The molecule has 0 bridgehead atoms. The fourth-order valence-corrected chi connectivity index (χ4v) is 3.72. The van der Waals surface area contributed by atoms with E-state index in [1.807, 2.05) is 13.0 Å². The first-order valence-corrected chi connectivity index (χ1v) is 10.8. The van der Waals surface area contributed by atoms with Crippen molar-refractivity contribution in [3.05, 3.63) is 76.5 Å². The number of aromatic amines is 1. The fraction of sp³-hybridized carbons (Fsp3) is 0.292. The van der Waals surface area contributed by atoms with Crippen LogP contribution in [-0.2, 0) is 13.0 Å². The van der Waals surface area contributed by atoms with Crippen molar-refractivity contribution in [2.75, 3.05) is 20.7 Å². The van der Waals surface area contributed by atoms with Crippen molar-refractivity contribution >= 4 is 17.3 Å². The number of aliphatic imine (C=N–C) groups is 1. The number of nitrogens with zero attached hydrogens (tertiary/aromatic N) is 5. The van der Waals surface area contributed by atoms with Crippen molar-refractivity contribution in [2.45, 2.75) is 26.8 Å². The van der Waals surface area contributed by atoms with Crippen LogP contribution in [0.25, 0.3) is 5.57 Å². The Kier molecular flexibility index (Phi) is 6.67. The Labute approximate surface area is 196 Å². The summed E-state index contributed by atoms with van der Waals surface area (Å²) in [5.74, 6) is 1.40. The summed E-state index contributed by atoms with van der Waals surface area (Å²) >= 11 is 0. The Balaban J connectivity index is 1.59. The SMILES string of the molecule is C/C(=N\C=C(/c1nnc[nH]1)c1ccc(C(=O)N(C)C)nc1C)NCc1c(F)ccc2c1CCO2. The highest BCUT2D eigenvalue weighted by molar-refractivity contribution is 5.92. The van der Waals surface area contributed by atoms with E-state index in [1.54, 1.807) is 39.4 Å². The number of hydrogen-bond acceptors (Lipinski definition) is 6. The molecule has 1 amide bonds. The van der Waals surface area contributed by atoms with E-state index in [-0.39, 0.29) is 11.7 Å². The molecule has 176 valence electrons. The van der Waals surface area contributed by atoms with E-state index in [9.17, 15) is 9.18 Å². The van der Waals surface area contributed by atoms with E-state index < -0.39 is 0 Å². The maximum Gasteiger partial charge on any atom is 0.271 e. The average Bonchev–Trinajstić information content (AvgIpc) is 3.51. The van der Waals surface area contributed by atoms with Gasteiger partial charge in [0.2, 0.25) is 0 Å². The number of benzene rings is 1. The number of nitrogens with one attached hydrogen (secondary N) is 2. The lowest BCUT2D eigenvalue weighted by Gasteiger charge is -2.13. The molecule has 2 N–H and O–H groups in total. The number of carbonyl (C=O) groups excluding carboxylic acids is 1. The third-order valence-electron chi connectivity index (χ3n) is 5.52. The third-order valence-corrected chi connectivity index (χ3v) is 5.52. The highest BCUT2D eigenvalue weighted by Gasteiger charge is 2.19. The quantitative estimate of drug-likeness (QED) is 0.430. The molecule has 9 nitrogen and oxygen atoms in total. The number of rotatable bonds is 6. The number of hydrogen-bond donors (Lipinski definition) is 2. The molecule has 34 heavy (non-hydrogen) atoms. The molecular weight excluding hydrogens is 437 g/mol. The van der Waals surface area contributed by atoms with Crippen molar-refractivity contribution in [1.29, 1.82) is 0 Å². The summed E-state index contributed by atoms with van der Waals surface area (Å²) in [5.41, 5.74) is 3.90. The summed E-state index contributed by atoms with van der Waals surface area (Å²) in [7, 11) is 3.36. The standard InChI is InChI=1S/C24H26FN7O2/c1-14-16(5-7-21(30-14)24(33)32(3)4)19(23-28-13-29-31-23)12-27-15(2)26-11-18-17-9-10-34-22(17)8-6-20(18)25/h5-8,12-13H,9-11H2,1-4H3,(H,26,27)(H,28,29,31)/b19-12-. The van der Waals surface area contributed by atoms with Gasteiger partial charge >= 0.3 is 0 Å². The zero-order valence-electron chi connectivity index (χ0n) is 19.5. The third kappa shape index (κ3) is 4.80. The molecule has 0 spiro atoms. The molecule has 0 saturated heterocycles. The lowest BCUT2D eigenvalue weighted by Crippen LogP contribution is -2.23. The van der Waals surface area contributed by atoms with Gasteiger partial charge in [-0.3, -0.25) is 4.79 Å². The molecule has 0 aliphatic carbocycles. The lowest BCUT2D eigenvalue weighted by molar-refractivity contribution is 0.0821. The van der Waals surface area contributed by atoms with Crippen LogP contribution in [0.15, 0.2) is 41.8 Å². The maximum atomic E-state index is 14.4. The molecule has 0 fully saturated rings. The summed E-state index contributed by atoms with van der Waals surface area (Å²) in [6.07, 6.45) is 3.81. The Bertz CT molecular complexity index is 1270. The van der Waals surface area contributed by atoms with Crippen molar-refractivity contribution < 1.29 is 13.9 Å². The molecular formula is C24H26FN7O2. The molecule has 3 heterocycles. The molecule has 2 aromatic heterocycles. The summed E-state index contributed by atoms with van der Waals surface area (Å²) in [6.45, 7) is 4.48. The smallest absolute Gasteiger partial charge is 0.271 e. The van der Waals surface area contributed by atoms with Gasteiger partial charge in [-0.25, -0.2) is 14.4 Å². The number of ether oxygens (including phenoxy) is 1. The fourth-order valence-electron chi connectivity index (χ4n) is 3.72. The van der Waals surface area contributed by atoms with Crippen molar-refractivity contribution in [2.24, 2.45) is 4.99 Å². The molecule has 1 aromatic carbocycles. The number of amides is 1. The largest absolute Gasteiger partial charge is 0.493 e. The first kappa shape index (κ1) is 23.1. The van der Waals surface area contributed by atoms with Gasteiger partial charge in [-0.2, -0.15) is 0 Å². The second-order valence-electron chi connectivity index (χ2n) is 8.08. The van der Waals surface area contributed by atoms with E-state index in [1.165, 1.54) is 17.3 Å². The lowest BCUT2D eigenvalue weighted by atomic mass is 10.0. The van der Waals surface area contributed by atoms with E-state index in [0.717, 1.165) is 16.9 Å². The predicted octanol–water partition coefficient (Wildman–Crippen LogP) is 2.88. The molecule has 1 aliphatic rings. The number of aryl methyl sites for hydroxylation is 1. The van der Waals surface area contributed by atoms with E-state index >= 15 is 0 Å². The van der Waals surface area contributed by atoms with Gasteiger partial charge < -0.3 is 19.9 Å². The van der Waals surface area contributed by atoms with Crippen LogP contribution in [0, 0.1) is 12.7 Å². The van der Waals surface area contributed by atoms with Crippen LogP contribution in [0.4, 0.5) is 4.39 Å². The second kappa shape index (κ2) is 9.82. The van der Waals surface area contributed by atoms with Gasteiger partial charge in [0, 0.05) is 61.2 Å². The molecule has 3 aromatic rings. The van der Waals surface area contributed by atoms with Crippen LogP contribution < -0.4 is 10.1 Å². The van der Waals surface area contributed by atoms with Crippen molar-refractivity contribution in [3.63, 3.8) is 0 Å². The van der Waals surface area contributed by atoms with Crippen LogP contribution in [0.5, 0.6) is 5.75 Å². The highest BCUT2D eigenvalue weighted by Crippen LogP contribution is 2.30. The Morgan fingerprint density at radius 3 is 2.85 bits per heavy atom. The Morgan fingerprint density at radius 2 is 2.15 bits per heavy atom. The zero-order chi connectivity index (χ0) is 24.2. The van der Waals surface area contributed by atoms with Gasteiger partial charge in [0.15, 0.2) is 5.82 Å².